The molecule has 0 aromatic heterocycles. The highest BCUT2D eigenvalue weighted by Gasteiger charge is 2.20. The largest absolute Gasteiger partial charge is 0.497 e. The fourth-order valence-electron chi connectivity index (χ4n) is 2.74. The highest BCUT2D eigenvalue weighted by molar-refractivity contribution is 5.92. The maximum absolute atomic E-state index is 5.95. The summed E-state index contributed by atoms with van der Waals surface area (Å²) in [6.07, 6.45) is 5.30. The Labute approximate surface area is 121 Å². The van der Waals surface area contributed by atoms with Crippen LogP contribution in [0.25, 0.3) is 0 Å². The van der Waals surface area contributed by atoms with Crippen molar-refractivity contribution in [1.82, 2.24) is 0 Å². The summed E-state index contributed by atoms with van der Waals surface area (Å²) in [6, 6.07) is 7.67. The molecular formula is C16H25N3O. The number of methoxy groups -OCH3 is 1. The second-order valence-electron chi connectivity index (χ2n) is 5.60. The maximum Gasteiger partial charge on any atom is 0.193 e. The van der Waals surface area contributed by atoms with Crippen LogP contribution >= 0.6 is 0 Å². The molecule has 1 aliphatic rings. The summed E-state index contributed by atoms with van der Waals surface area (Å²) < 4.78 is 5.12. The number of rotatable bonds is 4. The molecule has 110 valence electrons. The van der Waals surface area contributed by atoms with Crippen molar-refractivity contribution in [1.29, 1.82) is 0 Å². The number of ether oxygens (including phenoxy) is 1. The minimum atomic E-state index is 0.493. The molecule has 2 unspecified atom stereocenters. The number of benzene rings is 1. The summed E-state index contributed by atoms with van der Waals surface area (Å²) in [5, 5.41) is 3.12. The van der Waals surface area contributed by atoms with Crippen LogP contribution in [-0.4, -0.2) is 19.6 Å². The molecule has 1 fully saturated rings. The van der Waals surface area contributed by atoms with Crippen LogP contribution in [0.4, 0.5) is 5.69 Å². The minimum Gasteiger partial charge on any atom is -0.497 e. The Morgan fingerprint density at radius 2 is 2.00 bits per heavy atom. The van der Waals surface area contributed by atoms with Gasteiger partial charge in [-0.15, -0.1) is 0 Å². The zero-order valence-electron chi connectivity index (χ0n) is 12.4. The smallest absolute Gasteiger partial charge is 0.193 e. The van der Waals surface area contributed by atoms with E-state index in [1.54, 1.807) is 7.11 Å². The average Bonchev–Trinajstić information content (AvgIpc) is 2.47. The summed E-state index contributed by atoms with van der Waals surface area (Å²) in [7, 11) is 1.66. The summed E-state index contributed by atoms with van der Waals surface area (Å²) in [6.45, 7) is 3.16. The van der Waals surface area contributed by atoms with Gasteiger partial charge in [0, 0.05) is 12.2 Å². The molecule has 0 amide bonds. The van der Waals surface area contributed by atoms with Crippen LogP contribution in [0.2, 0.25) is 0 Å². The Morgan fingerprint density at radius 3 is 2.65 bits per heavy atom. The van der Waals surface area contributed by atoms with E-state index in [1.807, 2.05) is 24.3 Å². The fourth-order valence-corrected chi connectivity index (χ4v) is 2.74. The standard InChI is InChI=1S/C16H25N3O/c1-12-5-3-4-6-13(12)11-18-16(17)19-14-7-9-15(20-2)10-8-14/h7-10,12-13H,3-6,11H2,1-2H3,(H3,17,18,19). The Bertz CT molecular complexity index is 442. The molecule has 1 aromatic carbocycles. The zero-order valence-corrected chi connectivity index (χ0v) is 12.4. The molecule has 0 saturated heterocycles. The topological polar surface area (TPSA) is 59.6 Å². The van der Waals surface area contributed by atoms with E-state index in [0.717, 1.165) is 23.9 Å². The van der Waals surface area contributed by atoms with E-state index in [0.29, 0.717) is 11.9 Å². The van der Waals surface area contributed by atoms with E-state index in [-0.39, 0.29) is 0 Å². The summed E-state index contributed by atoms with van der Waals surface area (Å²) >= 11 is 0. The van der Waals surface area contributed by atoms with Crippen LogP contribution in [0, 0.1) is 11.8 Å². The van der Waals surface area contributed by atoms with E-state index in [2.05, 4.69) is 17.2 Å². The van der Waals surface area contributed by atoms with Gasteiger partial charge in [0.25, 0.3) is 0 Å². The highest BCUT2D eigenvalue weighted by atomic mass is 16.5. The van der Waals surface area contributed by atoms with Crippen molar-refractivity contribution in [3.05, 3.63) is 24.3 Å². The van der Waals surface area contributed by atoms with Crippen molar-refractivity contribution >= 4 is 11.6 Å². The van der Waals surface area contributed by atoms with Crippen LogP contribution < -0.4 is 15.8 Å². The lowest BCUT2D eigenvalue weighted by Crippen LogP contribution is -2.26. The molecule has 0 heterocycles. The highest BCUT2D eigenvalue weighted by Crippen LogP contribution is 2.29. The normalized spacial score (nSPS) is 23.4. The number of hydrogen-bond acceptors (Lipinski definition) is 2. The molecule has 1 aliphatic carbocycles. The van der Waals surface area contributed by atoms with Gasteiger partial charge in [-0.1, -0.05) is 26.2 Å². The molecule has 2 rings (SSSR count). The molecule has 4 heteroatoms. The third-order valence-corrected chi connectivity index (χ3v) is 4.15. The first kappa shape index (κ1) is 14.7. The third-order valence-electron chi connectivity index (χ3n) is 4.15. The molecule has 4 nitrogen and oxygen atoms in total. The van der Waals surface area contributed by atoms with Crippen molar-refractivity contribution in [2.24, 2.45) is 22.6 Å². The van der Waals surface area contributed by atoms with Gasteiger partial charge in [-0.3, -0.25) is 4.99 Å². The van der Waals surface area contributed by atoms with E-state index < -0.39 is 0 Å². The zero-order chi connectivity index (χ0) is 14.4. The molecule has 1 saturated carbocycles. The van der Waals surface area contributed by atoms with Crippen molar-refractivity contribution in [3.63, 3.8) is 0 Å². The van der Waals surface area contributed by atoms with Crippen LogP contribution in [0.3, 0.4) is 0 Å². The van der Waals surface area contributed by atoms with E-state index in [9.17, 15) is 0 Å². The van der Waals surface area contributed by atoms with Gasteiger partial charge in [0.05, 0.1) is 7.11 Å². The molecule has 0 spiro atoms. The number of aliphatic imine (C=N–C) groups is 1. The van der Waals surface area contributed by atoms with Crippen molar-refractivity contribution in [2.75, 3.05) is 19.0 Å². The summed E-state index contributed by atoms with van der Waals surface area (Å²) in [5.41, 5.74) is 6.88. The van der Waals surface area contributed by atoms with Gasteiger partial charge in [0.15, 0.2) is 5.96 Å². The lowest BCUT2D eigenvalue weighted by atomic mass is 9.80. The van der Waals surface area contributed by atoms with E-state index in [1.165, 1.54) is 25.7 Å². The summed E-state index contributed by atoms with van der Waals surface area (Å²) in [4.78, 5) is 4.49. The number of nitrogens with zero attached hydrogens (tertiary/aromatic N) is 1. The average molecular weight is 275 g/mol. The molecule has 0 bridgehead atoms. The third kappa shape index (κ3) is 4.15. The lowest BCUT2D eigenvalue weighted by molar-refractivity contribution is 0.264. The number of nitrogens with one attached hydrogen (secondary N) is 1. The predicted octanol–water partition coefficient (Wildman–Crippen LogP) is 3.25. The first-order chi connectivity index (χ1) is 9.69. The van der Waals surface area contributed by atoms with Gasteiger partial charge >= 0.3 is 0 Å². The number of hydrogen-bond donors (Lipinski definition) is 2. The molecule has 0 aliphatic heterocycles. The Morgan fingerprint density at radius 1 is 1.30 bits per heavy atom. The quantitative estimate of drug-likeness (QED) is 0.655. The first-order valence-electron chi connectivity index (χ1n) is 7.40. The van der Waals surface area contributed by atoms with E-state index >= 15 is 0 Å². The van der Waals surface area contributed by atoms with Crippen LogP contribution in [-0.2, 0) is 0 Å². The van der Waals surface area contributed by atoms with Gasteiger partial charge in [0.2, 0.25) is 0 Å². The number of nitrogens with two attached hydrogens (primary N) is 1. The Balaban J connectivity index is 1.86. The molecule has 0 radical (unpaired) electrons. The SMILES string of the molecule is COc1ccc(NC(N)=NCC2CCCCC2C)cc1. The molecule has 3 N–H and O–H groups in total. The van der Waals surface area contributed by atoms with E-state index in [4.69, 9.17) is 10.5 Å². The molecule has 2 atom stereocenters. The number of anilines is 1. The number of guanidine groups is 1. The Kier molecular flexibility index (Phi) is 5.27. The van der Waals surface area contributed by atoms with Crippen molar-refractivity contribution < 1.29 is 4.74 Å². The lowest BCUT2D eigenvalue weighted by Gasteiger charge is -2.27. The molecule has 20 heavy (non-hydrogen) atoms. The van der Waals surface area contributed by atoms with Gasteiger partial charge in [-0.05, 0) is 42.5 Å². The van der Waals surface area contributed by atoms with Crippen LogP contribution in [0.15, 0.2) is 29.3 Å². The van der Waals surface area contributed by atoms with Crippen molar-refractivity contribution in [3.8, 4) is 5.75 Å². The predicted molar refractivity (Wildman–Crippen MR) is 84.2 cm³/mol. The molecular weight excluding hydrogens is 250 g/mol. The van der Waals surface area contributed by atoms with Gasteiger partial charge in [0.1, 0.15) is 5.75 Å². The van der Waals surface area contributed by atoms with Gasteiger partial charge in [-0.25, -0.2) is 0 Å². The minimum absolute atomic E-state index is 0.493. The monoisotopic (exact) mass is 275 g/mol. The second kappa shape index (κ2) is 7.17. The molecule has 1 aromatic rings. The van der Waals surface area contributed by atoms with Gasteiger partial charge < -0.3 is 15.8 Å². The van der Waals surface area contributed by atoms with Crippen LogP contribution in [0.5, 0.6) is 5.75 Å². The first-order valence-corrected chi connectivity index (χ1v) is 7.40. The second-order valence-corrected chi connectivity index (χ2v) is 5.60. The van der Waals surface area contributed by atoms with Crippen LogP contribution in [0.1, 0.15) is 32.6 Å². The Hall–Kier alpha value is -1.71. The maximum atomic E-state index is 5.95. The fraction of sp³-hybridized carbons (Fsp3) is 0.562. The van der Waals surface area contributed by atoms with Crippen molar-refractivity contribution in [2.45, 2.75) is 32.6 Å². The van der Waals surface area contributed by atoms with Gasteiger partial charge in [-0.2, -0.15) is 0 Å². The summed E-state index contributed by atoms with van der Waals surface area (Å²) in [5.74, 6) is 2.77.